The monoisotopic (exact) mass is 313 g/mol. The fourth-order valence-corrected chi connectivity index (χ4v) is 2.44. The Hall–Kier alpha value is -2.83. The van der Waals surface area contributed by atoms with E-state index in [1.54, 1.807) is 12.1 Å². The van der Waals surface area contributed by atoms with Gasteiger partial charge >= 0.3 is 0 Å². The highest BCUT2D eigenvalue weighted by atomic mass is 19.1. The Bertz CT molecular complexity index is 857. The number of nitrogens with zero attached hydrogens (tertiary/aromatic N) is 4. The summed E-state index contributed by atoms with van der Waals surface area (Å²) in [4.78, 5) is 16.3. The number of aryl methyl sites for hydroxylation is 2. The van der Waals surface area contributed by atoms with Crippen molar-refractivity contribution in [3.05, 3.63) is 58.9 Å². The average molecular weight is 313 g/mol. The number of rotatable bonds is 4. The van der Waals surface area contributed by atoms with Crippen molar-refractivity contribution in [2.75, 3.05) is 0 Å². The van der Waals surface area contributed by atoms with E-state index in [1.165, 1.54) is 12.1 Å². The Morgan fingerprint density at radius 1 is 1.22 bits per heavy atom. The molecule has 0 fully saturated rings. The van der Waals surface area contributed by atoms with E-state index in [2.05, 4.69) is 20.5 Å². The summed E-state index contributed by atoms with van der Waals surface area (Å²) in [6.45, 7) is 4.09. The third kappa shape index (κ3) is 3.33. The molecule has 0 aliphatic carbocycles. The van der Waals surface area contributed by atoms with E-state index >= 15 is 0 Å². The zero-order valence-electron chi connectivity index (χ0n) is 12.9. The largest absolute Gasteiger partial charge is 0.348 e. The van der Waals surface area contributed by atoms with Gasteiger partial charge in [-0.15, -0.1) is 10.2 Å². The van der Waals surface area contributed by atoms with Crippen LogP contribution in [0.5, 0.6) is 0 Å². The highest BCUT2D eigenvalue weighted by Crippen LogP contribution is 2.08. The minimum Gasteiger partial charge on any atom is -0.348 e. The molecule has 0 radical (unpaired) electrons. The van der Waals surface area contributed by atoms with Gasteiger partial charge < -0.3 is 5.32 Å². The molecule has 0 saturated carbocycles. The molecule has 2 heterocycles. The van der Waals surface area contributed by atoms with Crippen LogP contribution in [-0.2, 0) is 17.8 Å². The first-order valence-electron chi connectivity index (χ1n) is 7.22. The molecule has 118 valence electrons. The number of carbonyl (C=O) groups excluding carboxylic acids is 1. The van der Waals surface area contributed by atoms with Crippen LogP contribution in [0, 0.1) is 19.7 Å². The Morgan fingerprint density at radius 2 is 1.96 bits per heavy atom. The molecule has 0 saturated heterocycles. The topological polar surface area (TPSA) is 72.2 Å². The predicted octanol–water partition coefficient (Wildman–Crippen LogP) is 1.74. The summed E-state index contributed by atoms with van der Waals surface area (Å²) in [6, 6.07) is 7.80. The van der Waals surface area contributed by atoms with Crippen molar-refractivity contribution in [1.29, 1.82) is 0 Å². The highest BCUT2D eigenvalue weighted by molar-refractivity contribution is 5.78. The molecule has 0 atom stereocenters. The van der Waals surface area contributed by atoms with Crippen molar-refractivity contribution in [2.45, 2.75) is 26.8 Å². The van der Waals surface area contributed by atoms with Gasteiger partial charge in [0.1, 0.15) is 5.82 Å². The van der Waals surface area contributed by atoms with Crippen molar-refractivity contribution in [1.82, 2.24) is 24.9 Å². The number of hydrogen-bond acceptors (Lipinski definition) is 4. The molecule has 3 rings (SSSR count). The van der Waals surface area contributed by atoms with Crippen LogP contribution in [0.1, 0.15) is 22.8 Å². The average Bonchev–Trinajstić information content (AvgIpc) is 2.91. The lowest BCUT2D eigenvalue weighted by molar-refractivity contribution is -0.120. The molecule has 0 aliphatic rings. The van der Waals surface area contributed by atoms with Crippen LogP contribution >= 0.6 is 0 Å². The summed E-state index contributed by atoms with van der Waals surface area (Å²) in [5.41, 5.74) is 2.58. The zero-order chi connectivity index (χ0) is 16.4. The van der Waals surface area contributed by atoms with Crippen molar-refractivity contribution in [2.24, 2.45) is 0 Å². The van der Waals surface area contributed by atoms with Crippen LogP contribution in [0.3, 0.4) is 0 Å². The maximum Gasteiger partial charge on any atom is 0.255 e. The van der Waals surface area contributed by atoms with Gasteiger partial charge in [0.15, 0.2) is 5.82 Å². The minimum atomic E-state index is -0.317. The molecule has 0 aliphatic heterocycles. The predicted molar refractivity (Wildman–Crippen MR) is 82.2 cm³/mol. The molecule has 6 nitrogen and oxygen atoms in total. The minimum absolute atomic E-state index is 0.161. The standard InChI is InChI=1S/C16H16FN5O/c1-10-7-11(2)22-14(20-21-16(22)19-10)9-18-15(23)8-12-3-5-13(17)6-4-12/h3-7H,8-9H2,1-2H3,(H,18,23). The van der Waals surface area contributed by atoms with Crippen LogP contribution in [0.25, 0.3) is 5.78 Å². The van der Waals surface area contributed by atoms with E-state index in [0.29, 0.717) is 11.6 Å². The lowest BCUT2D eigenvalue weighted by Crippen LogP contribution is -2.25. The number of benzene rings is 1. The molecule has 0 unspecified atom stereocenters. The van der Waals surface area contributed by atoms with Crippen LogP contribution in [0.2, 0.25) is 0 Å². The molecule has 2 aromatic heterocycles. The van der Waals surface area contributed by atoms with Crippen LogP contribution < -0.4 is 5.32 Å². The lowest BCUT2D eigenvalue weighted by Gasteiger charge is -2.06. The summed E-state index contributed by atoms with van der Waals surface area (Å²) < 4.78 is 14.7. The third-order valence-corrected chi connectivity index (χ3v) is 3.48. The molecule has 0 spiro atoms. The Kier molecular flexibility index (Phi) is 4.01. The third-order valence-electron chi connectivity index (χ3n) is 3.48. The second kappa shape index (κ2) is 6.12. The lowest BCUT2D eigenvalue weighted by atomic mass is 10.1. The normalized spacial score (nSPS) is 10.9. The maximum atomic E-state index is 12.8. The number of halogens is 1. The van der Waals surface area contributed by atoms with Gasteiger partial charge in [-0.3, -0.25) is 9.20 Å². The van der Waals surface area contributed by atoms with Crippen molar-refractivity contribution < 1.29 is 9.18 Å². The van der Waals surface area contributed by atoms with E-state index in [4.69, 9.17) is 0 Å². The molecular formula is C16H16FN5O. The summed E-state index contributed by atoms with van der Waals surface area (Å²) in [7, 11) is 0. The summed E-state index contributed by atoms with van der Waals surface area (Å²) in [5.74, 6) is 0.663. The van der Waals surface area contributed by atoms with Crippen molar-refractivity contribution >= 4 is 11.7 Å². The summed E-state index contributed by atoms with van der Waals surface area (Å²) >= 11 is 0. The zero-order valence-corrected chi connectivity index (χ0v) is 12.9. The van der Waals surface area contributed by atoms with Gasteiger partial charge in [-0.2, -0.15) is 0 Å². The van der Waals surface area contributed by atoms with E-state index in [1.807, 2.05) is 24.3 Å². The Morgan fingerprint density at radius 3 is 2.70 bits per heavy atom. The van der Waals surface area contributed by atoms with Crippen molar-refractivity contribution in [3.63, 3.8) is 0 Å². The van der Waals surface area contributed by atoms with Crippen LogP contribution in [-0.4, -0.2) is 25.5 Å². The second-order valence-corrected chi connectivity index (χ2v) is 5.37. The SMILES string of the molecule is Cc1cc(C)n2c(CNC(=O)Cc3ccc(F)cc3)nnc2n1. The molecular weight excluding hydrogens is 297 g/mol. The fourth-order valence-electron chi connectivity index (χ4n) is 2.44. The van der Waals surface area contributed by atoms with Gasteiger partial charge in [0.05, 0.1) is 13.0 Å². The Labute approximate surface area is 132 Å². The fraction of sp³-hybridized carbons (Fsp3) is 0.250. The van der Waals surface area contributed by atoms with E-state index < -0.39 is 0 Å². The first-order chi connectivity index (χ1) is 11.0. The van der Waals surface area contributed by atoms with Crippen LogP contribution in [0.4, 0.5) is 4.39 Å². The number of fused-ring (bicyclic) bond motifs is 1. The number of carbonyl (C=O) groups is 1. The van der Waals surface area contributed by atoms with Gasteiger partial charge in [-0.05, 0) is 37.6 Å². The second-order valence-electron chi connectivity index (χ2n) is 5.37. The Balaban J connectivity index is 1.68. The molecule has 23 heavy (non-hydrogen) atoms. The smallest absolute Gasteiger partial charge is 0.255 e. The quantitative estimate of drug-likeness (QED) is 0.796. The summed E-state index contributed by atoms with van der Waals surface area (Å²) in [5, 5.41) is 10.9. The van der Waals surface area contributed by atoms with Gasteiger partial charge in [0.25, 0.3) is 5.78 Å². The maximum absolute atomic E-state index is 12.8. The molecule has 3 aromatic rings. The van der Waals surface area contributed by atoms with Gasteiger partial charge in [0.2, 0.25) is 5.91 Å². The molecule has 0 bridgehead atoms. The molecule has 1 N–H and O–H groups in total. The molecule has 1 amide bonds. The first-order valence-corrected chi connectivity index (χ1v) is 7.22. The molecule has 7 heteroatoms. The van der Waals surface area contributed by atoms with E-state index in [0.717, 1.165) is 17.0 Å². The first kappa shape index (κ1) is 15.1. The van der Waals surface area contributed by atoms with Gasteiger partial charge in [-0.25, -0.2) is 9.37 Å². The van der Waals surface area contributed by atoms with Gasteiger partial charge in [-0.1, -0.05) is 12.1 Å². The summed E-state index contributed by atoms with van der Waals surface area (Å²) in [6.07, 6.45) is 0.188. The van der Waals surface area contributed by atoms with E-state index in [9.17, 15) is 9.18 Å². The number of nitrogens with one attached hydrogen (secondary N) is 1. The van der Waals surface area contributed by atoms with Crippen molar-refractivity contribution in [3.8, 4) is 0 Å². The number of hydrogen-bond donors (Lipinski definition) is 1. The number of aromatic nitrogens is 4. The highest BCUT2D eigenvalue weighted by Gasteiger charge is 2.11. The van der Waals surface area contributed by atoms with E-state index in [-0.39, 0.29) is 24.7 Å². The van der Waals surface area contributed by atoms with Gasteiger partial charge in [0, 0.05) is 11.4 Å². The number of amides is 1. The van der Waals surface area contributed by atoms with Crippen LogP contribution in [0.15, 0.2) is 30.3 Å². The molecule has 1 aromatic carbocycles.